The number of nitrogens with zero attached hydrogens (tertiary/aromatic N) is 1. The summed E-state index contributed by atoms with van der Waals surface area (Å²) >= 11 is 1.27. The molecule has 0 radical (unpaired) electrons. The summed E-state index contributed by atoms with van der Waals surface area (Å²) in [5, 5.41) is 13.7. The van der Waals surface area contributed by atoms with Crippen molar-refractivity contribution in [3.63, 3.8) is 0 Å². The van der Waals surface area contributed by atoms with Crippen LogP contribution in [-0.4, -0.2) is 18.3 Å². The molecule has 0 heterocycles. The van der Waals surface area contributed by atoms with Crippen LogP contribution in [0.2, 0.25) is 0 Å². The van der Waals surface area contributed by atoms with Gasteiger partial charge in [-0.05, 0) is 18.4 Å². The van der Waals surface area contributed by atoms with E-state index in [9.17, 15) is 10.1 Å². The van der Waals surface area contributed by atoms with Crippen LogP contribution < -0.4 is 10.1 Å². The molecule has 1 N–H and O–H groups in total. The Morgan fingerprint density at radius 1 is 1.62 bits per heavy atom. The fraction of sp³-hybridized carbons (Fsp3) is 0.200. The van der Waals surface area contributed by atoms with E-state index in [1.807, 2.05) is 12.1 Å². The zero-order valence-electron chi connectivity index (χ0n) is 8.97. The van der Waals surface area contributed by atoms with E-state index < -0.39 is 4.92 Å². The third-order valence-electron chi connectivity index (χ3n) is 1.78. The van der Waals surface area contributed by atoms with E-state index in [0.29, 0.717) is 10.8 Å². The van der Waals surface area contributed by atoms with Crippen LogP contribution in [0.25, 0.3) is 0 Å². The molecule has 1 aromatic rings. The molecular formula is C10H12N2O3S. The minimum absolute atomic E-state index is 0.471. The molecule has 0 fully saturated rings. The first-order valence-corrected chi connectivity index (χ1v) is 5.68. The van der Waals surface area contributed by atoms with Gasteiger partial charge < -0.3 is 10.1 Å². The third kappa shape index (κ3) is 3.82. The van der Waals surface area contributed by atoms with Gasteiger partial charge in [0.05, 0.1) is 12.0 Å². The Balaban J connectivity index is 2.81. The number of hydrogen-bond acceptors (Lipinski definition) is 5. The Morgan fingerprint density at radius 3 is 2.94 bits per heavy atom. The first-order valence-electron chi connectivity index (χ1n) is 4.46. The fourth-order valence-corrected chi connectivity index (χ4v) is 1.49. The van der Waals surface area contributed by atoms with Gasteiger partial charge in [-0.3, -0.25) is 10.1 Å². The molecular weight excluding hydrogens is 228 g/mol. The lowest BCUT2D eigenvalue weighted by Gasteiger charge is -2.07. The largest absolute Gasteiger partial charge is 0.497 e. The van der Waals surface area contributed by atoms with Gasteiger partial charge in [-0.25, -0.2) is 0 Å². The predicted octanol–water partition coefficient (Wildman–Crippen LogP) is 2.55. The summed E-state index contributed by atoms with van der Waals surface area (Å²) in [5.74, 6) is 0.701. The number of nitro groups is 1. The van der Waals surface area contributed by atoms with E-state index in [4.69, 9.17) is 4.74 Å². The molecule has 6 heteroatoms. The number of benzene rings is 1. The number of anilines is 1. The van der Waals surface area contributed by atoms with Crippen LogP contribution in [-0.2, 0) is 0 Å². The summed E-state index contributed by atoms with van der Waals surface area (Å²) in [6.45, 7) is 0. The highest BCUT2D eigenvalue weighted by molar-refractivity contribution is 8.02. The summed E-state index contributed by atoms with van der Waals surface area (Å²) in [6.07, 6.45) is 2.70. The Morgan fingerprint density at radius 2 is 2.38 bits per heavy atom. The maximum absolute atomic E-state index is 10.3. The lowest BCUT2D eigenvalue weighted by Crippen LogP contribution is -1.99. The highest BCUT2D eigenvalue weighted by Gasteiger charge is 2.02. The topological polar surface area (TPSA) is 64.4 Å². The lowest BCUT2D eigenvalue weighted by atomic mass is 10.3. The Labute approximate surface area is 97.6 Å². The van der Waals surface area contributed by atoms with E-state index >= 15 is 0 Å². The zero-order chi connectivity index (χ0) is 12.0. The monoisotopic (exact) mass is 240 g/mol. The van der Waals surface area contributed by atoms with Crippen molar-refractivity contribution >= 4 is 17.4 Å². The summed E-state index contributed by atoms with van der Waals surface area (Å²) < 4.78 is 5.05. The molecule has 0 bridgehead atoms. The quantitative estimate of drug-likeness (QED) is 0.633. The number of rotatable bonds is 5. The van der Waals surface area contributed by atoms with E-state index in [0.717, 1.165) is 11.9 Å². The van der Waals surface area contributed by atoms with Crippen LogP contribution in [0.3, 0.4) is 0 Å². The van der Waals surface area contributed by atoms with Gasteiger partial charge in [0.2, 0.25) is 0 Å². The third-order valence-corrected chi connectivity index (χ3v) is 2.43. The average molecular weight is 240 g/mol. The van der Waals surface area contributed by atoms with Gasteiger partial charge >= 0.3 is 0 Å². The van der Waals surface area contributed by atoms with Gasteiger partial charge in [-0.1, -0.05) is 6.07 Å². The molecule has 0 amide bonds. The van der Waals surface area contributed by atoms with Crippen LogP contribution in [0.5, 0.6) is 5.75 Å². The van der Waals surface area contributed by atoms with E-state index in [2.05, 4.69) is 5.32 Å². The highest BCUT2D eigenvalue weighted by Crippen LogP contribution is 2.21. The van der Waals surface area contributed by atoms with Gasteiger partial charge in [-0.2, -0.15) is 0 Å². The molecule has 0 unspecified atom stereocenters. The maximum Gasteiger partial charge on any atom is 0.264 e. The zero-order valence-corrected chi connectivity index (χ0v) is 9.78. The van der Waals surface area contributed by atoms with Gasteiger partial charge in [0.25, 0.3) is 6.20 Å². The van der Waals surface area contributed by atoms with E-state index in [1.54, 1.807) is 25.5 Å². The number of nitrogens with one attached hydrogen (secondary N) is 1. The molecule has 0 aliphatic heterocycles. The maximum atomic E-state index is 10.3. The van der Waals surface area contributed by atoms with Crippen LogP contribution in [0, 0.1) is 10.1 Å². The second-order valence-electron chi connectivity index (χ2n) is 2.84. The second kappa shape index (κ2) is 6.02. The van der Waals surface area contributed by atoms with Crippen molar-refractivity contribution in [2.75, 3.05) is 18.7 Å². The predicted molar refractivity (Wildman–Crippen MR) is 65.2 cm³/mol. The van der Waals surface area contributed by atoms with Crippen LogP contribution in [0.1, 0.15) is 0 Å². The van der Waals surface area contributed by atoms with Crippen molar-refractivity contribution in [1.29, 1.82) is 0 Å². The number of hydrogen-bond donors (Lipinski definition) is 1. The van der Waals surface area contributed by atoms with Crippen LogP contribution in [0.4, 0.5) is 5.69 Å². The van der Waals surface area contributed by atoms with Gasteiger partial charge in [-0.15, -0.1) is 11.8 Å². The van der Waals surface area contributed by atoms with Crippen molar-refractivity contribution in [1.82, 2.24) is 0 Å². The summed E-state index contributed by atoms with van der Waals surface area (Å²) in [7, 11) is 1.57. The standard InChI is InChI=1S/C10H12N2O3S/c1-15-9-5-3-4-8(6-9)11-10(16-2)7-12(13)14/h3-7,11H,1-2H3/b10-7+. The van der Waals surface area contributed by atoms with Crippen LogP contribution in [0.15, 0.2) is 35.5 Å². The van der Waals surface area contributed by atoms with Crippen molar-refractivity contribution in [2.24, 2.45) is 0 Å². The van der Waals surface area contributed by atoms with E-state index in [1.165, 1.54) is 11.8 Å². The number of ether oxygens (including phenoxy) is 1. The lowest BCUT2D eigenvalue weighted by molar-refractivity contribution is -0.402. The molecule has 5 nitrogen and oxygen atoms in total. The molecule has 1 aromatic carbocycles. The summed E-state index contributed by atoms with van der Waals surface area (Å²) in [6, 6.07) is 7.20. The minimum atomic E-state index is -0.487. The average Bonchev–Trinajstić information content (AvgIpc) is 2.28. The summed E-state index contributed by atoms with van der Waals surface area (Å²) in [4.78, 5) is 9.85. The first kappa shape index (κ1) is 12.4. The molecule has 0 atom stereocenters. The SMILES string of the molecule is COc1cccc(N/C(=C\[N+](=O)[O-])SC)c1. The molecule has 0 aliphatic carbocycles. The fourth-order valence-electron chi connectivity index (χ4n) is 1.07. The Bertz CT molecular complexity index is 407. The molecule has 1 rings (SSSR count). The molecule has 16 heavy (non-hydrogen) atoms. The number of methoxy groups -OCH3 is 1. The van der Waals surface area contributed by atoms with Gasteiger partial charge in [0.15, 0.2) is 0 Å². The van der Waals surface area contributed by atoms with Crippen molar-refractivity contribution < 1.29 is 9.66 Å². The van der Waals surface area contributed by atoms with Gasteiger partial charge in [0, 0.05) is 11.8 Å². The van der Waals surface area contributed by atoms with Gasteiger partial charge in [0.1, 0.15) is 10.8 Å². The molecule has 0 saturated heterocycles. The second-order valence-corrected chi connectivity index (χ2v) is 3.69. The molecule has 0 aromatic heterocycles. The van der Waals surface area contributed by atoms with Crippen molar-refractivity contribution in [3.05, 3.63) is 45.6 Å². The van der Waals surface area contributed by atoms with Crippen LogP contribution >= 0.6 is 11.8 Å². The minimum Gasteiger partial charge on any atom is -0.497 e. The smallest absolute Gasteiger partial charge is 0.264 e. The van der Waals surface area contributed by atoms with Crippen molar-refractivity contribution in [2.45, 2.75) is 0 Å². The number of thioether (sulfide) groups is 1. The molecule has 0 saturated carbocycles. The molecule has 0 aliphatic rings. The Kier molecular flexibility index (Phi) is 4.65. The van der Waals surface area contributed by atoms with Crippen molar-refractivity contribution in [3.8, 4) is 5.75 Å². The Hall–Kier alpha value is -1.69. The first-order chi connectivity index (χ1) is 7.65. The molecule has 0 spiro atoms. The molecule has 86 valence electrons. The van der Waals surface area contributed by atoms with E-state index in [-0.39, 0.29) is 0 Å². The summed E-state index contributed by atoms with van der Waals surface area (Å²) in [5.41, 5.74) is 0.752. The highest BCUT2D eigenvalue weighted by atomic mass is 32.2. The normalized spacial score (nSPS) is 11.0.